The average Bonchev–Trinajstić information content (AvgIpc) is 1.58. The SMILES string of the molecule is c1ccc(-c2ccc(-n3c4ccccc4c4cccc(-c5ccc6c(c5)c5ccccc5n6-c5ccccc5)c43)cc2)cc1.c1ccc(-c2cccc(-n3c4ccccc4c4cccc(-c5ccc6c(c5)c5ccccc5n6-c5ccccc5)c43)c2)cc1.c1ccc(-n2c3ccccc3c3cc(-c4cccc5c6ccccc6n(-c6ccccc6)c45)ccc32)cc1. The number of nitrogens with zero attached hydrogens (tertiary/aromatic N) is 6. The van der Waals surface area contributed by atoms with Crippen molar-refractivity contribution in [2.24, 2.45) is 0 Å². The van der Waals surface area contributed by atoms with Gasteiger partial charge in [-0.1, -0.05) is 340 Å². The van der Waals surface area contributed by atoms with Crippen molar-refractivity contribution in [3.8, 4) is 89.8 Å². The molecular formula is C120H80N6. The normalized spacial score (nSPS) is 11.7. The number of hydrogen-bond donors (Lipinski definition) is 0. The van der Waals surface area contributed by atoms with E-state index in [9.17, 15) is 0 Å². The van der Waals surface area contributed by atoms with Crippen LogP contribution in [0.3, 0.4) is 0 Å². The molecule has 0 fully saturated rings. The van der Waals surface area contributed by atoms with Gasteiger partial charge in [0, 0.05) is 115 Å². The highest BCUT2D eigenvalue weighted by Gasteiger charge is 2.24. The van der Waals surface area contributed by atoms with E-state index in [0.29, 0.717) is 0 Å². The zero-order chi connectivity index (χ0) is 83.1. The molecule has 6 heteroatoms. The van der Waals surface area contributed by atoms with Crippen molar-refractivity contribution in [3.63, 3.8) is 0 Å². The van der Waals surface area contributed by atoms with Gasteiger partial charge >= 0.3 is 0 Å². The minimum atomic E-state index is 1.16. The molecule has 0 amide bonds. The lowest BCUT2D eigenvalue weighted by Crippen LogP contribution is -1.96. The average molecular weight is 1610 g/mol. The van der Waals surface area contributed by atoms with Crippen LogP contribution in [0.25, 0.3) is 221 Å². The lowest BCUT2D eigenvalue weighted by atomic mass is 9.99. The molecule has 20 aromatic carbocycles. The summed E-state index contributed by atoms with van der Waals surface area (Å²) in [6.45, 7) is 0. The van der Waals surface area contributed by atoms with Gasteiger partial charge in [0.2, 0.25) is 0 Å². The zero-order valence-electron chi connectivity index (χ0n) is 68.9. The predicted octanol–water partition coefficient (Wildman–Crippen LogP) is 32.0. The molecule has 0 unspecified atom stereocenters. The molecule has 26 rings (SSSR count). The number of para-hydroxylation sites is 13. The van der Waals surface area contributed by atoms with Gasteiger partial charge in [0.15, 0.2) is 0 Å². The summed E-state index contributed by atoms with van der Waals surface area (Å²) in [6.07, 6.45) is 0. The van der Waals surface area contributed by atoms with Gasteiger partial charge < -0.3 is 27.4 Å². The summed E-state index contributed by atoms with van der Waals surface area (Å²) in [6, 6.07) is 175. The van der Waals surface area contributed by atoms with E-state index in [2.05, 4.69) is 513 Å². The van der Waals surface area contributed by atoms with Crippen LogP contribution in [0.15, 0.2) is 485 Å². The van der Waals surface area contributed by atoms with Crippen molar-refractivity contribution in [1.82, 2.24) is 27.4 Å². The second kappa shape index (κ2) is 30.7. The molecule has 6 nitrogen and oxygen atoms in total. The number of benzene rings is 20. The Kier molecular flexibility index (Phi) is 17.8. The summed E-state index contributed by atoms with van der Waals surface area (Å²) in [4.78, 5) is 0. The second-order valence-corrected chi connectivity index (χ2v) is 32.6. The Morgan fingerprint density at radius 2 is 0.310 bits per heavy atom. The standard InChI is InChI=1S/2C42H28N2.C36H24N2/c1-3-13-29(14-4-1)30-15-11-18-33(27-30)44-40-24-10-7-19-35(40)37-22-12-21-34(42(37)44)31-25-26-41-38(28-31)36-20-8-9-23-39(36)43(41)32-16-5-2-6-17-32;1-3-12-29(13-4-1)30-22-25-33(26-23-30)44-40-21-10-7-16-35(40)37-19-11-18-34(42(37)44)31-24-27-41-38(28-31)36-17-8-9-20-39(36)43(41)32-14-5-2-6-15-32;1-3-12-26(13-4-1)37-33-20-9-8-17-30(33)32-24-25(22-23-35(32)37)28-18-11-19-31-29-16-7-10-21-34(29)38(36(28)31)27-14-5-2-6-15-27/h2*1-28H;1-24H. The van der Waals surface area contributed by atoms with Gasteiger partial charge in [-0.25, -0.2) is 0 Å². The molecular weight excluding hydrogens is 1530 g/mol. The number of hydrogen-bond acceptors (Lipinski definition) is 0. The first kappa shape index (κ1) is 73.1. The molecule has 0 aliphatic heterocycles. The molecule has 26 aromatic rings. The Balaban J connectivity index is 0.000000106. The maximum Gasteiger partial charge on any atom is 0.0619 e. The summed E-state index contributed by atoms with van der Waals surface area (Å²) >= 11 is 0. The van der Waals surface area contributed by atoms with Crippen LogP contribution >= 0.6 is 0 Å². The quantitative estimate of drug-likeness (QED) is 0.124. The van der Waals surface area contributed by atoms with E-state index in [1.807, 2.05) is 0 Å². The third-order valence-electron chi connectivity index (χ3n) is 25.5. The van der Waals surface area contributed by atoms with Crippen LogP contribution < -0.4 is 0 Å². The topological polar surface area (TPSA) is 29.6 Å². The molecule has 0 bridgehead atoms. The van der Waals surface area contributed by atoms with E-state index in [1.165, 1.54) is 209 Å². The minimum absolute atomic E-state index is 1.16. The first-order chi connectivity index (χ1) is 62.6. The molecule has 590 valence electrons. The molecule has 0 atom stereocenters. The monoisotopic (exact) mass is 1600 g/mol. The molecule has 126 heavy (non-hydrogen) atoms. The smallest absolute Gasteiger partial charge is 0.0619 e. The number of rotatable bonds is 11. The maximum absolute atomic E-state index is 2.45. The molecule has 0 saturated heterocycles. The number of fused-ring (bicyclic) bond motifs is 18. The Morgan fingerprint density at radius 3 is 0.643 bits per heavy atom. The van der Waals surface area contributed by atoms with E-state index in [-0.39, 0.29) is 0 Å². The first-order valence-corrected chi connectivity index (χ1v) is 43.3. The molecule has 0 spiro atoms. The summed E-state index contributed by atoms with van der Waals surface area (Å²) in [5.41, 5.74) is 33.9. The van der Waals surface area contributed by atoms with Crippen molar-refractivity contribution in [2.45, 2.75) is 0 Å². The highest BCUT2D eigenvalue weighted by atomic mass is 15.0. The molecule has 0 saturated carbocycles. The Labute approximate surface area is 728 Å². The summed E-state index contributed by atoms with van der Waals surface area (Å²) in [5.74, 6) is 0. The van der Waals surface area contributed by atoms with E-state index >= 15 is 0 Å². The molecule has 0 radical (unpaired) electrons. The van der Waals surface area contributed by atoms with Crippen LogP contribution in [-0.4, -0.2) is 27.4 Å². The Hall–Kier alpha value is -16.8. The van der Waals surface area contributed by atoms with E-state index in [0.717, 1.165) is 11.4 Å². The fourth-order valence-corrected chi connectivity index (χ4v) is 20.0. The Morgan fingerprint density at radius 1 is 0.103 bits per heavy atom. The van der Waals surface area contributed by atoms with Gasteiger partial charge in [-0.05, 0) is 185 Å². The van der Waals surface area contributed by atoms with E-state index in [1.54, 1.807) is 0 Å². The van der Waals surface area contributed by atoms with Gasteiger partial charge in [-0.15, -0.1) is 0 Å². The lowest BCUT2D eigenvalue weighted by Gasteiger charge is -2.13. The maximum atomic E-state index is 2.45. The van der Waals surface area contributed by atoms with Crippen molar-refractivity contribution < 1.29 is 0 Å². The highest BCUT2D eigenvalue weighted by Crippen LogP contribution is 2.47. The van der Waals surface area contributed by atoms with Gasteiger partial charge in [-0.2, -0.15) is 0 Å². The molecule has 0 N–H and O–H groups in total. The van der Waals surface area contributed by atoms with Crippen molar-refractivity contribution in [3.05, 3.63) is 485 Å². The van der Waals surface area contributed by atoms with Crippen molar-refractivity contribution in [1.29, 1.82) is 0 Å². The third-order valence-corrected chi connectivity index (χ3v) is 25.5. The van der Waals surface area contributed by atoms with Crippen LogP contribution in [0.2, 0.25) is 0 Å². The van der Waals surface area contributed by atoms with Crippen molar-refractivity contribution >= 4 is 131 Å². The lowest BCUT2D eigenvalue weighted by molar-refractivity contribution is 1.18. The van der Waals surface area contributed by atoms with E-state index < -0.39 is 0 Å². The Bertz CT molecular complexity index is 8670. The predicted molar refractivity (Wildman–Crippen MR) is 533 cm³/mol. The largest absolute Gasteiger partial charge is 0.309 e. The van der Waals surface area contributed by atoms with Crippen LogP contribution in [-0.2, 0) is 0 Å². The first-order valence-electron chi connectivity index (χ1n) is 43.3. The molecule has 6 aromatic heterocycles. The van der Waals surface area contributed by atoms with Gasteiger partial charge in [-0.3, -0.25) is 0 Å². The van der Waals surface area contributed by atoms with Crippen LogP contribution in [0.4, 0.5) is 0 Å². The summed E-state index contributed by atoms with van der Waals surface area (Å²) in [5, 5.41) is 15.2. The van der Waals surface area contributed by atoms with Gasteiger partial charge in [0.05, 0.1) is 66.2 Å². The molecule has 0 aliphatic rings. The van der Waals surface area contributed by atoms with E-state index in [4.69, 9.17) is 0 Å². The molecule has 6 heterocycles. The minimum Gasteiger partial charge on any atom is -0.309 e. The summed E-state index contributed by atoms with van der Waals surface area (Å²) in [7, 11) is 0. The number of aromatic nitrogens is 6. The highest BCUT2D eigenvalue weighted by molar-refractivity contribution is 6.20. The van der Waals surface area contributed by atoms with Crippen molar-refractivity contribution in [2.75, 3.05) is 0 Å². The van der Waals surface area contributed by atoms with Crippen LogP contribution in [0, 0.1) is 0 Å². The van der Waals surface area contributed by atoms with Gasteiger partial charge in [0.1, 0.15) is 0 Å². The fraction of sp³-hybridized carbons (Fsp3) is 0. The molecule has 0 aliphatic carbocycles. The fourth-order valence-electron chi connectivity index (χ4n) is 20.0. The van der Waals surface area contributed by atoms with Gasteiger partial charge in [0.25, 0.3) is 0 Å². The third kappa shape index (κ3) is 12.2. The zero-order valence-corrected chi connectivity index (χ0v) is 68.9. The van der Waals surface area contributed by atoms with Crippen LogP contribution in [0.1, 0.15) is 0 Å². The summed E-state index contributed by atoms with van der Waals surface area (Å²) < 4.78 is 14.4. The van der Waals surface area contributed by atoms with Crippen LogP contribution in [0.5, 0.6) is 0 Å². The second-order valence-electron chi connectivity index (χ2n) is 32.6.